The quantitative estimate of drug-likeness (QED) is 0.770. The molecule has 1 N–H and O–H groups in total. The van der Waals surface area contributed by atoms with Crippen molar-refractivity contribution in [3.8, 4) is 17.6 Å². The molecule has 0 aliphatic carbocycles. The zero-order chi connectivity index (χ0) is 17.4. The molecule has 0 bridgehead atoms. The highest BCUT2D eigenvalue weighted by Crippen LogP contribution is 2.28. The number of amides is 1. The van der Waals surface area contributed by atoms with Gasteiger partial charge in [-0.25, -0.2) is 0 Å². The Bertz CT molecular complexity index is 756. The topological polar surface area (TPSA) is 71.3 Å². The highest BCUT2D eigenvalue weighted by atomic mass is 35.5. The molecule has 0 aliphatic rings. The zero-order valence-electron chi connectivity index (χ0n) is 13.2. The van der Waals surface area contributed by atoms with Crippen molar-refractivity contribution in [1.29, 1.82) is 5.26 Å². The normalized spacial score (nSPS) is 9.88. The van der Waals surface area contributed by atoms with Gasteiger partial charge in [-0.05, 0) is 30.7 Å². The van der Waals surface area contributed by atoms with Crippen LogP contribution in [0.25, 0.3) is 0 Å². The summed E-state index contributed by atoms with van der Waals surface area (Å²) in [6, 6.07) is 14.1. The third kappa shape index (κ3) is 4.90. The van der Waals surface area contributed by atoms with Gasteiger partial charge in [0.15, 0.2) is 11.5 Å². The van der Waals surface area contributed by atoms with Crippen LogP contribution in [-0.4, -0.2) is 19.6 Å². The second-order valence-corrected chi connectivity index (χ2v) is 5.36. The van der Waals surface area contributed by atoms with Crippen molar-refractivity contribution in [2.75, 3.05) is 19.0 Å². The van der Waals surface area contributed by atoms with Crippen LogP contribution in [0.3, 0.4) is 0 Å². The van der Waals surface area contributed by atoms with Crippen molar-refractivity contribution in [3.05, 3.63) is 53.1 Å². The predicted molar refractivity (Wildman–Crippen MR) is 92.5 cm³/mol. The molecule has 0 atom stereocenters. The van der Waals surface area contributed by atoms with E-state index >= 15 is 0 Å². The van der Waals surface area contributed by atoms with Crippen LogP contribution in [0.5, 0.6) is 11.5 Å². The Kier molecular flexibility index (Phi) is 6.47. The van der Waals surface area contributed by atoms with Crippen LogP contribution in [0.1, 0.15) is 18.4 Å². The molecule has 0 aliphatic heterocycles. The fourth-order valence-corrected chi connectivity index (χ4v) is 2.23. The number of nitrogens with one attached hydrogen (secondary N) is 1. The fourth-order valence-electron chi connectivity index (χ4n) is 2.05. The van der Waals surface area contributed by atoms with Crippen LogP contribution in [0.4, 0.5) is 5.69 Å². The van der Waals surface area contributed by atoms with E-state index in [4.69, 9.17) is 26.3 Å². The summed E-state index contributed by atoms with van der Waals surface area (Å²) in [7, 11) is 1.51. The Morgan fingerprint density at radius 2 is 2.04 bits per heavy atom. The number of carbonyl (C=O) groups excluding carboxylic acids is 1. The van der Waals surface area contributed by atoms with Gasteiger partial charge in [-0.1, -0.05) is 23.7 Å². The Hall–Kier alpha value is -2.71. The molecule has 2 aromatic rings. The molecule has 0 saturated heterocycles. The molecule has 2 aromatic carbocycles. The van der Waals surface area contributed by atoms with Crippen LogP contribution in [0.15, 0.2) is 42.5 Å². The van der Waals surface area contributed by atoms with Crippen LogP contribution in [-0.2, 0) is 4.79 Å². The van der Waals surface area contributed by atoms with Crippen LogP contribution in [0, 0.1) is 11.3 Å². The number of nitrogens with zero attached hydrogens (tertiary/aromatic N) is 1. The third-order valence-electron chi connectivity index (χ3n) is 3.25. The van der Waals surface area contributed by atoms with Gasteiger partial charge in [-0.2, -0.15) is 5.26 Å². The summed E-state index contributed by atoms with van der Waals surface area (Å²) in [5.74, 6) is 0.913. The minimum absolute atomic E-state index is 0.126. The summed E-state index contributed by atoms with van der Waals surface area (Å²) in [6.07, 6.45) is 0.850. The monoisotopic (exact) mass is 344 g/mol. The van der Waals surface area contributed by atoms with E-state index in [1.165, 1.54) is 7.11 Å². The molecule has 0 saturated carbocycles. The second kappa shape index (κ2) is 8.80. The van der Waals surface area contributed by atoms with E-state index in [1.54, 1.807) is 36.4 Å². The van der Waals surface area contributed by atoms with Crippen molar-refractivity contribution in [3.63, 3.8) is 0 Å². The van der Waals surface area contributed by atoms with E-state index in [9.17, 15) is 4.79 Å². The number of hydrogen-bond donors (Lipinski definition) is 1. The van der Waals surface area contributed by atoms with Gasteiger partial charge < -0.3 is 14.8 Å². The standard InChI is InChI=1S/C18H17ClN2O3/c1-23-17-11-13(12-20)8-9-16(17)24-10-4-7-18(22)21-15-6-3-2-5-14(15)19/h2-3,5-6,8-9,11H,4,7,10H2,1H3,(H,21,22). The van der Waals surface area contributed by atoms with E-state index < -0.39 is 0 Å². The molecular weight excluding hydrogens is 328 g/mol. The number of carbonyl (C=O) groups is 1. The van der Waals surface area contributed by atoms with E-state index in [2.05, 4.69) is 5.32 Å². The summed E-state index contributed by atoms with van der Waals surface area (Å²) < 4.78 is 10.8. The largest absolute Gasteiger partial charge is 0.493 e. The third-order valence-corrected chi connectivity index (χ3v) is 3.58. The Morgan fingerprint density at radius 1 is 1.25 bits per heavy atom. The Morgan fingerprint density at radius 3 is 2.75 bits per heavy atom. The maximum atomic E-state index is 11.9. The molecule has 0 spiro atoms. The highest BCUT2D eigenvalue weighted by Gasteiger charge is 2.08. The maximum Gasteiger partial charge on any atom is 0.224 e. The first-order chi connectivity index (χ1) is 11.6. The van der Waals surface area contributed by atoms with E-state index in [-0.39, 0.29) is 5.91 Å². The lowest BCUT2D eigenvalue weighted by molar-refractivity contribution is -0.116. The van der Waals surface area contributed by atoms with Crippen molar-refractivity contribution in [2.45, 2.75) is 12.8 Å². The first-order valence-electron chi connectivity index (χ1n) is 7.39. The van der Waals surface area contributed by atoms with Crippen molar-refractivity contribution in [2.24, 2.45) is 0 Å². The number of ether oxygens (including phenoxy) is 2. The fraction of sp³-hybridized carbons (Fsp3) is 0.222. The molecule has 0 radical (unpaired) electrons. The average Bonchev–Trinajstić information content (AvgIpc) is 2.60. The van der Waals surface area contributed by atoms with Gasteiger partial charge in [0, 0.05) is 12.5 Å². The summed E-state index contributed by atoms with van der Waals surface area (Å²) in [6.45, 7) is 0.359. The number of anilines is 1. The molecule has 2 rings (SSSR count). The number of methoxy groups -OCH3 is 1. The lowest BCUT2D eigenvalue weighted by Crippen LogP contribution is -2.13. The first-order valence-corrected chi connectivity index (χ1v) is 7.77. The molecule has 1 amide bonds. The van der Waals surface area contributed by atoms with Crippen molar-refractivity contribution in [1.82, 2.24) is 0 Å². The molecular formula is C18H17ClN2O3. The lowest BCUT2D eigenvalue weighted by atomic mass is 10.2. The van der Waals surface area contributed by atoms with E-state index in [0.29, 0.717) is 47.2 Å². The summed E-state index contributed by atoms with van der Waals surface area (Å²) in [4.78, 5) is 11.9. The molecule has 0 unspecified atom stereocenters. The highest BCUT2D eigenvalue weighted by molar-refractivity contribution is 6.33. The summed E-state index contributed by atoms with van der Waals surface area (Å²) in [5.41, 5.74) is 1.09. The van der Waals surface area contributed by atoms with Crippen molar-refractivity contribution >= 4 is 23.2 Å². The molecule has 0 heterocycles. The van der Waals surface area contributed by atoms with Gasteiger partial charge in [-0.15, -0.1) is 0 Å². The first kappa shape index (κ1) is 17.6. The lowest BCUT2D eigenvalue weighted by Gasteiger charge is -2.11. The predicted octanol–water partition coefficient (Wildman–Crippen LogP) is 4.02. The van der Waals surface area contributed by atoms with Gasteiger partial charge in [0.2, 0.25) is 5.91 Å². The maximum absolute atomic E-state index is 11.9. The molecule has 5 nitrogen and oxygen atoms in total. The number of halogens is 1. The van der Waals surface area contributed by atoms with Crippen molar-refractivity contribution < 1.29 is 14.3 Å². The van der Waals surface area contributed by atoms with E-state index in [0.717, 1.165) is 0 Å². The zero-order valence-corrected chi connectivity index (χ0v) is 14.0. The molecule has 24 heavy (non-hydrogen) atoms. The van der Waals surface area contributed by atoms with Crippen LogP contribution in [0.2, 0.25) is 5.02 Å². The molecule has 124 valence electrons. The average molecular weight is 345 g/mol. The molecule has 6 heteroatoms. The summed E-state index contributed by atoms with van der Waals surface area (Å²) in [5, 5.41) is 12.1. The van der Waals surface area contributed by atoms with Crippen LogP contribution < -0.4 is 14.8 Å². The number of hydrogen-bond acceptors (Lipinski definition) is 4. The molecule has 0 fully saturated rings. The number of para-hydroxylation sites is 1. The van der Waals surface area contributed by atoms with E-state index in [1.807, 2.05) is 12.1 Å². The Labute approximate surface area is 145 Å². The smallest absolute Gasteiger partial charge is 0.224 e. The molecule has 0 aromatic heterocycles. The minimum atomic E-state index is -0.126. The minimum Gasteiger partial charge on any atom is -0.493 e. The number of benzene rings is 2. The van der Waals surface area contributed by atoms with Crippen LogP contribution >= 0.6 is 11.6 Å². The Balaban J connectivity index is 1.80. The van der Waals surface area contributed by atoms with Gasteiger partial charge >= 0.3 is 0 Å². The van der Waals surface area contributed by atoms with Gasteiger partial charge in [0.25, 0.3) is 0 Å². The summed E-state index contributed by atoms with van der Waals surface area (Å²) >= 11 is 5.99. The van der Waals surface area contributed by atoms with Gasteiger partial charge in [0.1, 0.15) is 0 Å². The second-order valence-electron chi connectivity index (χ2n) is 4.96. The van der Waals surface area contributed by atoms with Gasteiger partial charge in [-0.3, -0.25) is 4.79 Å². The SMILES string of the molecule is COc1cc(C#N)ccc1OCCCC(=O)Nc1ccccc1Cl. The van der Waals surface area contributed by atoms with Gasteiger partial charge in [0.05, 0.1) is 36.1 Å². The number of nitriles is 1. The number of rotatable bonds is 7.